The van der Waals surface area contributed by atoms with Gasteiger partial charge in [-0.05, 0) is 24.3 Å². The first-order valence-electron chi connectivity index (χ1n) is 8.17. The minimum absolute atomic E-state index is 0.190. The van der Waals surface area contributed by atoms with Crippen LogP contribution in [0.1, 0.15) is 20.7 Å². The number of ether oxygens (including phenoxy) is 4. The Balaban J connectivity index is 1.37. The van der Waals surface area contributed by atoms with Gasteiger partial charge in [-0.1, -0.05) is 0 Å². The third-order valence-electron chi connectivity index (χ3n) is 4.31. The maximum Gasteiger partial charge on any atom is 0.338 e. The van der Waals surface area contributed by atoms with Crippen molar-refractivity contribution in [1.82, 2.24) is 9.97 Å². The van der Waals surface area contributed by atoms with Crippen LogP contribution in [0.15, 0.2) is 49.1 Å². The smallest absolute Gasteiger partial charge is 0.338 e. The molecule has 4 heterocycles. The molecule has 2 fully saturated rings. The van der Waals surface area contributed by atoms with Crippen molar-refractivity contribution in [3.05, 3.63) is 60.2 Å². The topological polar surface area (TPSA) is 96.8 Å². The van der Waals surface area contributed by atoms with Crippen LogP contribution in [0.3, 0.4) is 0 Å². The molecular formula is C18H16N2O6. The van der Waals surface area contributed by atoms with Crippen molar-refractivity contribution in [2.45, 2.75) is 24.4 Å². The second-order valence-electron chi connectivity index (χ2n) is 5.96. The van der Waals surface area contributed by atoms with E-state index in [1.54, 1.807) is 24.3 Å². The molecule has 4 atom stereocenters. The van der Waals surface area contributed by atoms with Crippen molar-refractivity contribution in [2.24, 2.45) is 0 Å². The van der Waals surface area contributed by atoms with Crippen LogP contribution in [0.5, 0.6) is 0 Å². The summed E-state index contributed by atoms with van der Waals surface area (Å²) in [6.07, 6.45) is 4.05. The highest BCUT2D eigenvalue weighted by Crippen LogP contribution is 2.31. The Kier molecular flexibility index (Phi) is 4.59. The van der Waals surface area contributed by atoms with E-state index in [0.717, 1.165) is 0 Å². The van der Waals surface area contributed by atoms with Crippen molar-refractivity contribution in [1.29, 1.82) is 0 Å². The Hall–Kier alpha value is -2.84. The number of hydrogen-bond acceptors (Lipinski definition) is 8. The summed E-state index contributed by atoms with van der Waals surface area (Å²) in [6.45, 7) is 0.380. The third-order valence-corrected chi connectivity index (χ3v) is 4.31. The van der Waals surface area contributed by atoms with Crippen LogP contribution in [0.2, 0.25) is 0 Å². The molecule has 0 radical (unpaired) electrons. The van der Waals surface area contributed by atoms with Gasteiger partial charge in [0.1, 0.15) is 12.2 Å². The standard InChI is InChI=1S/C18H16N2O6/c21-17(11-1-5-19-6-2-11)25-13-9-23-16-14(10-24-15(13)16)26-18(22)12-3-7-20-8-4-12/h1-8,13-16H,9-10H2/t13-,14+,15-,16-/m1/s1. The minimum Gasteiger partial charge on any atom is -0.453 e. The molecule has 4 rings (SSSR count). The monoisotopic (exact) mass is 356 g/mol. The molecule has 2 aromatic rings. The van der Waals surface area contributed by atoms with Gasteiger partial charge < -0.3 is 18.9 Å². The number of carbonyl (C=O) groups excluding carboxylic acids is 2. The molecule has 2 aliphatic rings. The summed E-state index contributed by atoms with van der Waals surface area (Å²) in [5.74, 6) is -0.940. The number of aromatic nitrogens is 2. The number of rotatable bonds is 4. The van der Waals surface area contributed by atoms with Gasteiger partial charge in [-0.2, -0.15) is 0 Å². The molecule has 2 aliphatic heterocycles. The summed E-state index contributed by atoms with van der Waals surface area (Å²) < 4.78 is 22.3. The fourth-order valence-electron chi connectivity index (χ4n) is 3.02. The maximum absolute atomic E-state index is 12.2. The lowest BCUT2D eigenvalue weighted by Crippen LogP contribution is -2.36. The fourth-order valence-corrected chi connectivity index (χ4v) is 3.02. The van der Waals surface area contributed by atoms with Gasteiger partial charge in [-0.3, -0.25) is 9.97 Å². The molecule has 2 saturated heterocycles. The second-order valence-corrected chi connectivity index (χ2v) is 5.96. The Bertz CT molecular complexity index is 717. The summed E-state index contributed by atoms with van der Waals surface area (Å²) >= 11 is 0. The van der Waals surface area contributed by atoms with Crippen LogP contribution in [-0.2, 0) is 18.9 Å². The number of carbonyl (C=O) groups is 2. The van der Waals surface area contributed by atoms with Crippen LogP contribution in [0.25, 0.3) is 0 Å². The van der Waals surface area contributed by atoms with Gasteiger partial charge in [0.05, 0.1) is 24.3 Å². The first-order chi connectivity index (χ1) is 12.7. The van der Waals surface area contributed by atoms with Gasteiger partial charge in [-0.25, -0.2) is 9.59 Å². The number of hydrogen-bond donors (Lipinski definition) is 0. The molecule has 8 heteroatoms. The molecule has 134 valence electrons. The van der Waals surface area contributed by atoms with Gasteiger partial charge in [0.15, 0.2) is 12.2 Å². The molecule has 26 heavy (non-hydrogen) atoms. The first kappa shape index (κ1) is 16.6. The third kappa shape index (κ3) is 3.29. The van der Waals surface area contributed by atoms with E-state index in [2.05, 4.69) is 9.97 Å². The van der Waals surface area contributed by atoms with Crippen LogP contribution in [0, 0.1) is 0 Å². The summed E-state index contributed by atoms with van der Waals surface area (Å²) in [4.78, 5) is 32.1. The van der Waals surface area contributed by atoms with Crippen LogP contribution in [0.4, 0.5) is 0 Å². The lowest BCUT2D eigenvalue weighted by Gasteiger charge is -2.17. The van der Waals surface area contributed by atoms with Gasteiger partial charge in [0.25, 0.3) is 0 Å². The van der Waals surface area contributed by atoms with E-state index in [0.29, 0.717) is 11.1 Å². The summed E-state index contributed by atoms with van der Waals surface area (Å²) in [6, 6.07) is 6.30. The van der Waals surface area contributed by atoms with Crippen molar-refractivity contribution in [3.63, 3.8) is 0 Å². The van der Waals surface area contributed by atoms with Crippen molar-refractivity contribution >= 4 is 11.9 Å². The fraction of sp³-hybridized carbons (Fsp3) is 0.333. The molecular weight excluding hydrogens is 340 g/mol. The molecule has 8 nitrogen and oxygen atoms in total. The zero-order valence-corrected chi connectivity index (χ0v) is 13.7. The largest absolute Gasteiger partial charge is 0.453 e. The van der Waals surface area contributed by atoms with E-state index in [9.17, 15) is 9.59 Å². The van der Waals surface area contributed by atoms with Crippen molar-refractivity contribution in [2.75, 3.05) is 13.2 Å². The normalized spacial score (nSPS) is 26.9. The van der Waals surface area contributed by atoms with Crippen molar-refractivity contribution in [3.8, 4) is 0 Å². The van der Waals surface area contributed by atoms with E-state index >= 15 is 0 Å². The first-order valence-corrected chi connectivity index (χ1v) is 8.17. The molecule has 0 spiro atoms. The Morgan fingerprint density at radius 3 is 1.54 bits per heavy atom. The summed E-state index contributed by atoms with van der Waals surface area (Å²) in [5.41, 5.74) is 0.809. The lowest BCUT2D eigenvalue weighted by molar-refractivity contribution is -0.0287. The lowest BCUT2D eigenvalue weighted by atomic mass is 10.1. The molecule has 0 N–H and O–H groups in total. The number of fused-ring (bicyclic) bond motifs is 1. The second kappa shape index (κ2) is 7.19. The van der Waals surface area contributed by atoms with E-state index in [4.69, 9.17) is 18.9 Å². The predicted molar refractivity (Wildman–Crippen MR) is 86.4 cm³/mol. The Labute approximate surface area is 149 Å². The van der Waals surface area contributed by atoms with E-state index in [-0.39, 0.29) is 13.2 Å². The molecule has 0 saturated carbocycles. The van der Waals surface area contributed by atoms with Gasteiger partial charge in [-0.15, -0.1) is 0 Å². The average Bonchev–Trinajstić information content (AvgIpc) is 3.27. The number of nitrogens with zero attached hydrogens (tertiary/aromatic N) is 2. The zero-order valence-electron chi connectivity index (χ0n) is 13.7. The Morgan fingerprint density at radius 2 is 1.15 bits per heavy atom. The van der Waals surface area contributed by atoms with Crippen LogP contribution in [-0.4, -0.2) is 59.5 Å². The van der Waals surface area contributed by atoms with E-state index < -0.39 is 36.4 Å². The maximum atomic E-state index is 12.2. The highest BCUT2D eigenvalue weighted by molar-refractivity contribution is 5.89. The van der Waals surface area contributed by atoms with Gasteiger partial charge in [0, 0.05) is 24.8 Å². The van der Waals surface area contributed by atoms with Crippen LogP contribution >= 0.6 is 0 Å². The molecule has 0 unspecified atom stereocenters. The van der Waals surface area contributed by atoms with Gasteiger partial charge in [0.2, 0.25) is 0 Å². The molecule has 2 aromatic heterocycles. The van der Waals surface area contributed by atoms with Gasteiger partial charge >= 0.3 is 11.9 Å². The molecule has 0 amide bonds. The molecule has 0 aliphatic carbocycles. The number of pyridine rings is 2. The minimum atomic E-state index is -0.551. The zero-order chi connectivity index (χ0) is 17.9. The van der Waals surface area contributed by atoms with Crippen LogP contribution < -0.4 is 0 Å². The van der Waals surface area contributed by atoms with E-state index in [1.807, 2.05) is 0 Å². The molecule has 0 aromatic carbocycles. The van der Waals surface area contributed by atoms with E-state index in [1.165, 1.54) is 24.8 Å². The summed E-state index contributed by atoms with van der Waals surface area (Å²) in [7, 11) is 0. The number of esters is 2. The predicted octanol–water partition coefficient (Wildman–Crippen LogP) is 1.03. The molecule has 0 bridgehead atoms. The quantitative estimate of drug-likeness (QED) is 0.749. The highest BCUT2D eigenvalue weighted by Gasteiger charge is 2.51. The van der Waals surface area contributed by atoms with Crippen molar-refractivity contribution < 1.29 is 28.5 Å². The Morgan fingerprint density at radius 1 is 0.769 bits per heavy atom. The highest BCUT2D eigenvalue weighted by atomic mass is 16.7. The average molecular weight is 356 g/mol. The SMILES string of the molecule is O=C(O[C@H]1CO[C@H]2[C@@H]1OC[C@H]2OC(=O)c1ccncc1)c1ccncc1. The summed E-state index contributed by atoms with van der Waals surface area (Å²) in [5, 5.41) is 0.